The molecule has 0 fully saturated rings. The van der Waals surface area contributed by atoms with Gasteiger partial charge in [-0.1, -0.05) is 25.6 Å². The fourth-order valence-corrected chi connectivity index (χ4v) is 1.64. The first kappa shape index (κ1) is 13.5. The molecule has 0 aromatic carbocycles. The van der Waals surface area contributed by atoms with Crippen LogP contribution in [0.2, 0.25) is 0 Å². The van der Waals surface area contributed by atoms with E-state index in [1.807, 2.05) is 13.8 Å². The second-order valence-corrected chi connectivity index (χ2v) is 4.31. The van der Waals surface area contributed by atoms with Crippen LogP contribution in [-0.4, -0.2) is 22.8 Å². The lowest BCUT2D eigenvalue weighted by atomic mass is 10.3. The van der Waals surface area contributed by atoms with Crippen LogP contribution in [0.4, 0.5) is 0 Å². The molecule has 0 radical (unpaired) electrons. The lowest BCUT2D eigenvalue weighted by Gasteiger charge is -2.11. The normalized spacial score (nSPS) is 12.2. The van der Waals surface area contributed by atoms with Crippen molar-refractivity contribution in [2.24, 2.45) is 0 Å². The van der Waals surface area contributed by atoms with Gasteiger partial charge in [-0.3, -0.25) is 9.59 Å². The molecule has 3 nitrogen and oxygen atoms in total. The van der Waals surface area contributed by atoms with E-state index < -0.39 is 0 Å². The second kappa shape index (κ2) is 7.85. The molecule has 0 aromatic rings. The molecule has 4 heteroatoms. The van der Waals surface area contributed by atoms with Gasteiger partial charge in [0.25, 0.3) is 0 Å². The highest BCUT2D eigenvalue weighted by molar-refractivity contribution is 8.13. The average Bonchev–Trinajstić information content (AvgIpc) is 2.14. The molecule has 0 aliphatic rings. The molecule has 1 atom stereocenters. The third-order valence-corrected chi connectivity index (χ3v) is 2.91. The van der Waals surface area contributed by atoms with Crippen LogP contribution in [0.1, 0.15) is 40.0 Å². The highest BCUT2D eigenvalue weighted by Gasteiger charge is 2.14. The zero-order valence-corrected chi connectivity index (χ0v) is 9.95. The van der Waals surface area contributed by atoms with Gasteiger partial charge in [-0.05, 0) is 19.8 Å². The summed E-state index contributed by atoms with van der Waals surface area (Å²) in [6.07, 6.45) is 2.29. The fourth-order valence-electron chi connectivity index (χ4n) is 0.927. The molecule has 1 amide bonds. The number of carbonyl (C=O) groups excluding carboxylic acids is 2. The van der Waals surface area contributed by atoms with Gasteiger partial charge in [0.05, 0.1) is 6.04 Å². The Hall–Kier alpha value is -0.510. The largest absolute Gasteiger partial charge is 0.346 e. The summed E-state index contributed by atoms with van der Waals surface area (Å²) >= 11 is 1.29. The molecule has 0 saturated heterocycles. The van der Waals surface area contributed by atoms with E-state index in [4.69, 9.17) is 0 Å². The lowest BCUT2D eigenvalue weighted by molar-refractivity contribution is -0.124. The molecule has 0 bridgehead atoms. The van der Waals surface area contributed by atoms with E-state index in [2.05, 4.69) is 5.32 Å². The topological polar surface area (TPSA) is 46.2 Å². The monoisotopic (exact) mass is 217 g/mol. The van der Waals surface area contributed by atoms with Gasteiger partial charge in [-0.25, -0.2) is 0 Å². The molecule has 0 rings (SSSR count). The first-order chi connectivity index (χ1) is 6.61. The van der Waals surface area contributed by atoms with Gasteiger partial charge >= 0.3 is 0 Å². The van der Waals surface area contributed by atoms with Crippen LogP contribution < -0.4 is 5.32 Å². The minimum absolute atomic E-state index is 0.0366. The Balaban J connectivity index is 3.76. The van der Waals surface area contributed by atoms with E-state index in [1.165, 1.54) is 11.8 Å². The first-order valence-electron chi connectivity index (χ1n) is 5.07. The molecule has 0 aliphatic heterocycles. The van der Waals surface area contributed by atoms with Crippen molar-refractivity contribution in [2.75, 3.05) is 5.75 Å². The van der Waals surface area contributed by atoms with Crippen molar-refractivity contribution >= 4 is 22.8 Å². The predicted molar refractivity (Wildman–Crippen MR) is 60.3 cm³/mol. The highest BCUT2D eigenvalue weighted by Crippen LogP contribution is 2.07. The van der Waals surface area contributed by atoms with Gasteiger partial charge in [-0.2, -0.15) is 0 Å². The fraction of sp³-hybridized carbons (Fsp3) is 0.800. The number of nitrogens with one attached hydrogen (secondary N) is 1. The molecule has 14 heavy (non-hydrogen) atoms. The van der Waals surface area contributed by atoms with Crippen molar-refractivity contribution in [3.63, 3.8) is 0 Å². The maximum Gasteiger partial charge on any atom is 0.220 e. The van der Waals surface area contributed by atoms with Gasteiger partial charge in [0.2, 0.25) is 11.0 Å². The summed E-state index contributed by atoms with van der Waals surface area (Å²) in [6, 6.07) is -0.356. The van der Waals surface area contributed by atoms with E-state index >= 15 is 0 Å². The van der Waals surface area contributed by atoms with E-state index in [0.29, 0.717) is 6.42 Å². The Morgan fingerprint density at radius 3 is 2.43 bits per heavy atom. The zero-order valence-electron chi connectivity index (χ0n) is 9.13. The molecular formula is C10H19NO2S. The minimum atomic E-state index is -0.356. The lowest BCUT2D eigenvalue weighted by Crippen LogP contribution is -2.37. The van der Waals surface area contributed by atoms with Crippen LogP contribution in [-0.2, 0) is 9.59 Å². The van der Waals surface area contributed by atoms with Crippen LogP contribution >= 0.6 is 11.8 Å². The van der Waals surface area contributed by atoms with Gasteiger partial charge in [0.15, 0.2) is 0 Å². The van der Waals surface area contributed by atoms with Crippen molar-refractivity contribution in [2.45, 2.75) is 46.1 Å². The molecular weight excluding hydrogens is 198 g/mol. The zero-order chi connectivity index (χ0) is 11.0. The molecule has 1 unspecified atom stereocenters. The van der Waals surface area contributed by atoms with Gasteiger partial charge in [0, 0.05) is 12.2 Å². The van der Waals surface area contributed by atoms with E-state index in [-0.39, 0.29) is 17.1 Å². The summed E-state index contributed by atoms with van der Waals surface area (Å²) in [5, 5.41) is 2.73. The van der Waals surface area contributed by atoms with E-state index in [1.54, 1.807) is 6.92 Å². The van der Waals surface area contributed by atoms with E-state index in [0.717, 1.165) is 18.6 Å². The molecule has 1 N–H and O–H groups in total. The Labute approximate surface area is 90.0 Å². The number of amides is 1. The predicted octanol–water partition coefficient (Wildman–Crippen LogP) is 1.96. The third kappa shape index (κ3) is 6.02. The number of hydrogen-bond acceptors (Lipinski definition) is 3. The Morgan fingerprint density at radius 2 is 1.93 bits per heavy atom. The molecule has 0 aromatic heterocycles. The maximum absolute atomic E-state index is 11.4. The quantitative estimate of drug-likeness (QED) is 0.740. The van der Waals surface area contributed by atoms with Gasteiger partial charge in [-0.15, -0.1) is 0 Å². The van der Waals surface area contributed by atoms with Crippen molar-refractivity contribution < 1.29 is 9.59 Å². The molecule has 0 spiro atoms. The van der Waals surface area contributed by atoms with Crippen LogP contribution in [0, 0.1) is 0 Å². The molecule has 0 saturated carbocycles. The van der Waals surface area contributed by atoms with Crippen LogP contribution in [0.3, 0.4) is 0 Å². The van der Waals surface area contributed by atoms with Crippen molar-refractivity contribution in [3.05, 3.63) is 0 Å². The maximum atomic E-state index is 11.4. The summed E-state index contributed by atoms with van der Waals surface area (Å²) in [7, 11) is 0. The number of carbonyl (C=O) groups is 2. The molecule has 82 valence electrons. The smallest absolute Gasteiger partial charge is 0.220 e. The summed E-state index contributed by atoms with van der Waals surface area (Å²) in [5.74, 6) is 0.790. The summed E-state index contributed by atoms with van der Waals surface area (Å²) in [5.41, 5.74) is 0. The second-order valence-electron chi connectivity index (χ2n) is 3.21. The Morgan fingerprint density at radius 1 is 1.29 bits per heavy atom. The third-order valence-electron chi connectivity index (χ3n) is 1.66. The van der Waals surface area contributed by atoms with Crippen molar-refractivity contribution in [3.8, 4) is 0 Å². The van der Waals surface area contributed by atoms with Crippen molar-refractivity contribution in [1.82, 2.24) is 5.32 Å². The number of hydrogen-bond donors (Lipinski definition) is 1. The Kier molecular flexibility index (Phi) is 7.57. The molecule has 0 aliphatic carbocycles. The highest BCUT2D eigenvalue weighted by atomic mass is 32.2. The van der Waals surface area contributed by atoms with E-state index in [9.17, 15) is 9.59 Å². The molecule has 0 heterocycles. The summed E-state index contributed by atoms with van der Waals surface area (Å²) in [4.78, 5) is 22.5. The standard InChI is InChI=1S/C10H19NO2S/c1-4-6-9(12)11-8(3)10(13)14-7-5-2/h8H,4-7H2,1-3H3,(H,11,12). The van der Waals surface area contributed by atoms with Crippen LogP contribution in [0.15, 0.2) is 0 Å². The van der Waals surface area contributed by atoms with Crippen LogP contribution in [0.25, 0.3) is 0 Å². The van der Waals surface area contributed by atoms with Gasteiger partial charge < -0.3 is 5.32 Å². The summed E-state index contributed by atoms with van der Waals surface area (Å²) < 4.78 is 0. The minimum Gasteiger partial charge on any atom is -0.346 e. The summed E-state index contributed by atoms with van der Waals surface area (Å²) in [6.45, 7) is 5.71. The number of thioether (sulfide) groups is 1. The SMILES string of the molecule is CCCSC(=O)C(C)NC(=O)CCC. The Bertz CT molecular complexity index is 195. The number of rotatable bonds is 6. The van der Waals surface area contributed by atoms with Crippen LogP contribution in [0.5, 0.6) is 0 Å². The van der Waals surface area contributed by atoms with Crippen molar-refractivity contribution in [1.29, 1.82) is 0 Å². The first-order valence-corrected chi connectivity index (χ1v) is 6.06. The van der Waals surface area contributed by atoms with Gasteiger partial charge in [0.1, 0.15) is 0 Å². The average molecular weight is 217 g/mol.